The molecule has 2 aromatic rings. The maximum absolute atomic E-state index is 11.9. The van der Waals surface area contributed by atoms with Gasteiger partial charge in [0.2, 0.25) is 0 Å². The summed E-state index contributed by atoms with van der Waals surface area (Å²) in [6, 6.07) is 5.39. The lowest BCUT2D eigenvalue weighted by Crippen LogP contribution is -2.17. The number of nitrogens with zero attached hydrogens (tertiary/aromatic N) is 2. The van der Waals surface area contributed by atoms with Gasteiger partial charge in [-0.25, -0.2) is 0 Å². The van der Waals surface area contributed by atoms with Crippen LogP contribution in [-0.4, -0.2) is 20.7 Å². The Morgan fingerprint density at radius 3 is 3.12 bits per heavy atom. The highest BCUT2D eigenvalue weighted by molar-refractivity contribution is 6.02. The summed E-state index contributed by atoms with van der Waals surface area (Å²) in [5.41, 5.74) is 0.663. The Kier molecular flexibility index (Phi) is 3.05. The van der Waals surface area contributed by atoms with Gasteiger partial charge < -0.3 is 9.88 Å². The normalized spacial score (nSPS) is 10.3. The highest BCUT2D eigenvalue weighted by Crippen LogP contribution is 2.07. The van der Waals surface area contributed by atoms with Crippen LogP contribution in [0.3, 0.4) is 0 Å². The molecule has 0 radical (unpaired) electrons. The first-order valence-corrected chi connectivity index (χ1v) is 5.27. The van der Waals surface area contributed by atoms with Gasteiger partial charge in [-0.1, -0.05) is 6.92 Å². The van der Waals surface area contributed by atoms with E-state index in [2.05, 4.69) is 22.4 Å². The highest BCUT2D eigenvalue weighted by atomic mass is 16.2. The van der Waals surface area contributed by atoms with Crippen molar-refractivity contribution in [2.45, 2.75) is 19.9 Å². The molecule has 0 aliphatic carbocycles. The van der Waals surface area contributed by atoms with Crippen LogP contribution in [0.15, 0.2) is 30.6 Å². The minimum absolute atomic E-state index is 0.122. The Morgan fingerprint density at radius 2 is 2.44 bits per heavy atom. The average Bonchev–Trinajstić information content (AvgIpc) is 2.89. The molecule has 2 aromatic heterocycles. The third kappa shape index (κ3) is 2.13. The Labute approximate surface area is 93.5 Å². The van der Waals surface area contributed by atoms with Gasteiger partial charge in [0, 0.05) is 18.8 Å². The lowest BCUT2D eigenvalue weighted by atomic mass is 10.3. The third-order valence-electron chi connectivity index (χ3n) is 2.28. The van der Waals surface area contributed by atoms with Gasteiger partial charge in [-0.2, -0.15) is 5.10 Å². The van der Waals surface area contributed by atoms with Crippen molar-refractivity contribution < 1.29 is 4.79 Å². The fourth-order valence-corrected chi connectivity index (χ4v) is 1.57. The molecule has 0 aromatic carbocycles. The summed E-state index contributed by atoms with van der Waals surface area (Å²) in [7, 11) is 0. The predicted octanol–water partition coefficient (Wildman–Crippen LogP) is 1.87. The third-order valence-corrected chi connectivity index (χ3v) is 2.28. The van der Waals surface area contributed by atoms with Crippen LogP contribution in [-0.2, 0) is 6.54 Å². The molecule has 0 saturated heterocycles. The van der Waals surface area contributed by atoms with Crippen molar-refractivity contribution in [1.82, 2.24) is 14.8 Å². The number of carbonyl (C=O) groups excluding carboxylic acids is 1. The largest absolute Gasteiger partial charge is 0.344 e. The van der Waals surface area contributed by atoms with E-state index in [0.29, 0.717) is 11.5 Å². The molecule has 0 spiro atoms. The molecule has 0 bridgehead atoms. The topological polar surface area (TPSA) is 62.7 Å². The molecular weight excluding hydrogens is 204 g/mol. The molecule has 0 fully saturated rings. The van der Waals surface area contributed by atoms with E-state index in [1.165, 1.54) is 0 Å². The Hall–Kier alpha value is -2.04. The number of carbonyl (C=O) groups is 1. The number of aromatic amines is 1. The van der Waals surface area contributed by atoms with Crippen LogP contribution in [0, 0.1) is 0 Å². The van der Waals surface area contributed by atoms with Crippen molar-refractivity contribution in [3.63, 3.8) is 0 Å². The van der Waals surface area contributed by atoms with Crippen molar-refractivity contribution in [3.8, 4) is 0 Å². The fourth-order valence-electron chi connectivity index (χ4n) is 1.57. The van der Waals surface area contributed by atoms with Crippen LogP contribution in [0.25, 0.3) is 0 Å². The van der Waals surface area contributed by atoms with E-state index < -0.39 is 0 Å². The van der Waals surface area contributed by atoms with Crippen molar-refractivity contribution in [3.05, 3.63) is 36.3 Å². The summed E-state index contributed by atoms with van der Waals surface area (Å²) in [5.74, 6) is 0.483. The molecular formula is C11H14N4O. The molecule has 0 saturated carbocycles. The number of aryl methyl sites for hydroxylation is 1. The van der Waals surface area contributed by atoms with Crippen LogP contribution < -0.4 is 5.32 Å². The van der Waals surface area contributed by atoms with Gasteiger partial charge in [-0.3, -0.25) is 9.89 Å². The molecule has 0 atom stereocenters. The minimum Gasteiger partial charge on any atom is -0.344 e. The summed E-state index contributed by atoms with van der Waals surface area (Å²) in [4.78, 5) is 11.9. The molecule has 2 N–H and O–H groups in total. The van der Waals surface area contributed by atoms with Crippen molar-refractivity contribution >= 4 is 11.7 Å². The zero-order valence-corrected chi connectivity index (χ0v) is 9.10. The van der Waals surface area contributed by atoms with Gasteiger partial charge in [0.1, 0.15) is 11.5 Å². The van der Waals surface area contributed by atoms with Crippen LogP contribution in [0.4, 0.5) is 5.82 Å². The zero-order valence-electron chi connectivity index (χ0n) is 9.10. The average molecular weight is 218 g/mol. The second-order valence-electron chi connectivity index (χ2n) is 3.51. The van der Waals surface area contributed by atoms with Gasteiger partial charge in [0.15, 0.2) is 0 Å². The van der Waals surface area contributed by atoms with E-state index in [4.69, 9.17) is 0 Å². The molecule has 1 amide bonds. The summed E-state index contributed by atoms with van der Waals surface area (Å²) in [6.45, 7) is 2.93. The fraction of sp³-hybridized carbons (Fsp3) is 0.273. The number of rotatable bonds is 4. The lowest BCUT2D eigenvalue weighted by Gasteiger charge is -2.07. The number of aromatic nitrogens is 3. The lowest BCUT2D eigenvalue weighted by molar-refractivity contribution is 0.101. The monoisotopic (exact) mass is 218 g/mol. The van der Waals surface area contributed by atoms with Crippen LogP contribution >= 0.6 is 0 Å². The molecule has 5 nitrogen and oxygen atoms in total. The summed E-state index contributed by atoms with van der Waals surface area (Å²) < 4.78 is 1.94. The van der Waals surface area contributed by atoms with Crippen LogP contribution in [0.2, 0.25) is 0 Å². The Balaban J connectivity index is 2.11. The number of hydrogen-bond donors (Lipinski definition) is 2. The van der Waals surface area contributed by atoms with E-state index in [-0.39, 0.29) is 5.91 Å². The zero-order chi connectivity index (χ0) is 11.4. The molecule has 2 rings (SSSR count). The molecule has 2 heterocycles. The second-order valence-corrected chi connectivity index (χ2v) is 3.51. The van der Waals surface area contributed by atoms with E-state index in [0.717, 1.165) is 13.0 Å². The Morgan fingerprint density at radius 1 is 1.56 bits per heavy atom. The first-order chi connectivity index (χ1) is 7.81. The van der Waals surface area contributed by atoms with Crippen molar-refractivity contribution in [2.24, 2.45) is 0 Å². The molecule has 0 unspecified atom stereocenters. The number of hydrogen-bond acceptors (Lipinski definition) is 2. The minimum atomic E-state index is -0.122. The SMILES string of the molecule is CCCn1cccc1C(=O)Nc1ccn[nH]1. The van der Waals surface area contributed by atoms with Gasteiger partial charge in [-0.15, -0.1) is 0 Å². The first kappa shape index (κ1) is 10.5. The van der Waals surface area contributed by atoms with Gasteiger partial charge in [-0.05, 0) is 18.6 Å². The molecule has 0 aliphatic rings. The van der Waals surface area contributed by atoms with Gasteiger partial charge >= 0.3 is 0 Å². The summed E-state index contributed by atoms with van der Waals surface area (Å²) in [5, 5.41) is 9.20. The van der Waals surface area contributed by atoms with Crippen LogP contribution in [0.1, 0.15) is 23.8 Å². The number of anilines is 1. The van der Waals surface area contributed by atoms with E-state index in [9.17, 15) is 4.79 Å². The molecule has 0 aliphatic heterocycles. The van der Waals surface area contributed by atoms with Crippen LogP contribution in [0.5, 0.6) is 0 Å². The summed E-state index contributed by atoms with van der Waals surface area (Å²) >= 11 is 0. The predicted molar refractivity (Wildman–Crippen MR) is 61.3 cm³/mol. The van der Waals surface area contributed by atoms with E-state index in [1.54, 1.807) is 18.3 Å². The molecule has 84 valence electrons. The Bertz CT molecular complexity index is 458. The van der Waals surface area contributed by atoms with Gasteiger partial charge in [0.25, 0.3) is 5.91 Å². The van der Waals surface area contributed by atoms with E-state index >= 15 is 0 Å². The smallest absolute Gasteiger partial charge is 0.273 e. The highest BCUT2D eigenvalue weighted by Gasteiger charge is 2.10. The number of amides is 1. The maximum Gasteiger partial charge on any atom is 0.273 e. The molecule has 16 heavy (non-hydrogen) atoms. The van der Waals surface area contributed by atoms with Crippen molar-refractivity contribution in [2.75, 3.05) is 5.32 Å². The molecule has 5 heteroatoms. The first-order valence-electron chi connectivity index (χ1n) is 5.27. The summed E-state index contributed by atoms with van der Waals surface area (Å²) in [6.07, 6.45) is 4.51. The van der Waals surface area contributed by atoms with Gasteiger partial charge in [0.05, 0.1) is 6.20 Å². The number of H-pyrrole nitrogens is 1. The standard InChI is InChI=1S/C11H14N4O/c1-2-7-15-8-3-4-9(15)11(16)13-10-5-6-12-14-10/h3-6,8H,2,7H2,1H3,(H2,12,13,14,16). The van der Waals surface area contributed by atoms with E-state index in [1.807, 2.05) is 16.8 Å². The quantitative estimate of drug-likeness (QED) is 0.822. The van der Waals surface area contributed by atoms with Crippen molar-refractivity contribution in [1.29, 1.82) is 0 Å². The maximum atomic E-state index is 11.9. The second kappa shape index (κ2) is 4.65. The number of nitrogens with one attached hydrogen (secondary N) is 2.